The fourth-order valence-corrected chi connectivity index (χ4v) is 3.43. The van der Waals surface area contributed by atoms with Crippen LogP contribution in [-0.2, 0) is 13.1 Å². The number of piperidine rings is 1. The van der Waals surface area contributed by atoms with Gasteiger partial charge in [0.05, 0.1) is 11.6 Å². The molecule has 1 atom stereocenters. The lowest BCUT2D eigenvalue weighted by Crippen LogP contribution is -2.37. The maximum Gasteiger partial charge on any atom is 0.147 e. The molecule has 1 unspecified atom stereocenters. The van der Waals surface area contributed by atoms with E-state index in [9.17, 15) is 4.39 Å². The molecule has 0 bridgehead atoms. The summed E-state index contributed by atoms with van der Waals surface area (Å²) < 4.78 is 16.0. The minimum Gasteiger partial charge on any atom is -0.299 e. The van der Waals surface area contributed by atoms with Crippen molar-refractivity contribution in [3.63, 3.8) is 0 Å². The van der Waals surface area contributed by atoms with E-state index in [1.807, 2.05) is 18.5 Å². The number of nitriles is 1. The monoisotopic (exact) mass is 327 g/mol. The van der Waals surface area contributed by atoms with Gasteiger partial charge < -0.3 is 0 Å². The predicted octanol–water partition coefficient (Wildman–Crippen LogP) is 2.82. The summed E-state index contributed by atoms with van der Waals surface area (Å²) in [6, 6.07) is 6.64. The Balaban J connectivity index is 1.66. The molecule has 5 nitrogen and oxygen atoms in total. The minimum atomic E-state index is -0.237. The summed E-state index contributed by atoms with van der Waals surface area (Å²) in [5.74, 6) is 1.99. The second-order valence-electron chi connectivity index (χ2n) is 6.55. The highest BCUT2D eigenvalue weighted by molar-refractivity contribution is 5.33. The van der Waals surface area contributed by atoms with E-state index in [-0.39, 0.29) is 5.82 Å². The van der Waals surface area contributed by atoms with Gasteiger partial charge in [-0.15, -0.1) is 0 Å². The molecule has 1 aliphatic rings. The third-order valence-electron chi connectivity index (χ3n) is 4.57. The summed E-state index contributed by atoms with van der Waals surface area (Å²) in [6.07, 6.45) is 2.24. The van der Waals surface area contributed by atoms with Crippen LogP contribution in [0.1, 0.15) is 35.6 Å². The van der Waals surface area contributed by atoms with E-state index >= 15 is 0 Å². The van der Waals surface area contributed by atoms with Gasteiger partial charge in [0.1, 0.15) is 17.5 Å². The van der Waals surface area contributed by atoms with Crippen LogP contribution in [0.2, 0.25) is 0 Å². The third-order valence-corrected chi connectivity index (χ3v) is 4.57. The minimum absolute atomic E-state index is 0.237. The molecule has 0 radical (unpaired) electrons. The Hall–Kier alpha value is -2.26. The first-order chi connectivity index (χ1) is 11.5. The van der Waals surface area contributed by atoms with Crippen LogP contribution in [-0.4, -0.2) is 32.8 Å². The number of nitrogens with zero attached hydrogens (tertiary/aromatic N) is 5. The highest BCUT2D eigenvalue weighted by Gasteiger charge is 2.22. The number of aromatic nitrogens is 3. The van der Waals surface area contributed by atoms with Crippen LogP contribution in [0.5, 0.6) is 0 Å². The van der Waals surface area contributed by atoms with E-state index in [0.29, 0.717) is 23.6 Å². The van der Waals surface area contributed by atoms with Crippen molar-refractivity contribution >= 4 is 0 Å². The molecule has 0 N–H and O–H groups in total. The molecule has 0 spiro atoms. The summed E-state index contributed by atoms with van der Waals surface area (Å²) in [4.78, 5) is 6.62. The standard InChI is InChI=1S/C18H22FN5/c1-13-21-14(2)24(22-13)11-16-4-3-7-23(10-16)12-17-8-15(9-20)5-6-18(17)19/h5-6,8,16H,3-4,7,10-12H2,1-2H3. The smallest absolute Gasteiger partial charge is 0.147 e. The highest BCUT2D eigenvalue weighted by atomic mass is 19.1. The van der Waals surface area contributed by atoms with Crippen LogP contribution >= 0.6 is 0 Å². The first-order valence-electron chi connectivity index (χ1n) is 8.34. The van der Waals surface area contributed by atoms with Crippen molar-refractivity contribution in [1.29, 1.82) is 5.26 Å². The predicted molar refractivity (Wildman–Crippen MR) is 88.6 cm³/mol. The van der Waals surface area contributed by atoms with E-state index in [0.717, 1.165) is 44.1 Å². The van der Waals surface area contributed by atoms with E-state index in [2.05, 4.69) is 21.1 Å². The van der Waals surface area contributed by atoms with Gasteiger partial charge in [0.25, 0.3) is 0 Å². The average molecular weight is 327 g/mol. The molecule has 1 aliphatic heterocycles. The molecule has 0 saturated carbocycles. The summed E-state index contributed by atoms with van der Waals surface area (Å²) in [6.45, 7) is 7.15. The number of aryl methyl sites for hydroxylation is 2. The second kappa shape index (κ2) is 7.10. The van der Waals surface area contributed by atoms with Gasteiger partial charge in [-0.05, 0) is 57.4 Å². The Morgan fingerprint density at radius 1 is 1.38 bits per heavy atom. The number of likely N-dealkylation sites (tertiary alicyclic amines) is 1. The van der Waals surface area contributed by atoms with E-state index in [1.54, 1.807) is 6.07 Å². The fraction of sp³-hybridized carbons (Fsp3) is 0.500. The van der Waals surface area contributed by atoms with Gasteiger partial charge in [0.2, 0.25) is 0 Å². The number of benzene rings is 1. The van der Waals surface area contributed by atoms with Crippen LogP contribution in [0.15, 0.2) is 18.2 Å². The number of rotatable bonds is 4. The maximum atomic E-state index is 14.0. The Morgan fingerprint density at radius 2 is 2.21 bits per heavy atom. The van der Waals surface area contributed by atoms with Crippen molar-refractivity contribution in [2.45, 2.75) is 39.8 Å². The van der Waals surface area contributed by atoms with Crippen LogP contribution < -0.4 is 0 Å². The molecule has 1 fully saturated rings. The summed E-state index contributed by atoms with van der Waals surface area (Å²) in [5, 5.41) is 13.4. The lowest BCUT2D eigenvalue weighted by Gasteiger charge is -2.32. The Labute approximate surface area is 141 Å². The van der Waals surface area contributed by atoms with Gasteiger partial charge in [0, 0.05) is 25.2 Å². The van der Waals surface area contributed by atoms with Crippen molar-refractivity contribution < 1.29 is 4.39 Å². The molecule has 1 aromatic heterocycles. The summed E-state index contributed by atoms with van der Waals surface area (Å²) in [5.41, 5.74) is 1.11. The molecule has 24 heavy (non-hydrogen) atoms. The van der Waals surface area contributed by atoms with Crippen molar-refractivity contribution in [3.8, 4) is 6.07 Å². The normalized spacial score (nSPS) is 18.5. The lowest BCUT2D eigenvalue weighted by molar-refractivity contribution is 0.151. The zero-order valence-electron chi connectivity index (χ0n) is 14.2. The molecule has 6 heteroatoms. The lowest BCUT2D eigenvalue weighted by atomic mass is 9.97. The largest absolute Gasteiger partial charge is 0.299 e. The first kappa shape index (κ1) is 16.6. The van der Waals surface area contributed by atoms with E-state index in [4.69, 9.17) is 5.26 Å². The zero-order valence-corrected chi connectivity index (χ0v) is 14.2. The quantitative estimate of drug-likeness (QED) is 0.866. The van der Waals surface area contributed by atoms with Crippen LogP contribution in [0.25, 0.3) is 0 Å². The summed E-state index contributed by atoms with van der Waals surface area (Å²) in [7, 11) is 0. The topological polar surface area (TPSA) is 57.7 Å². The van der Waals surface area contributed by atoms with Gasteiger partial charge in [-0.1, -0.05) is 0 Å². The maximum absolute atomic E-state index is 14.0. The molecule has 0 amide bonds. The number of halogens is 1. The first-order valence-corrected chi connectivity index (χ1v) is 8.34. The van der Waals surface area contributed by atoms with Gasteiger partial charge in [0.15, 0.2) is 0 Å². The highest BCUT2D eigenvalue weighted by Crippen LogP contribution is 2.22. The summed E-state index contributed by atoms with van der Waals surface area (Å²) >= 11 is 0. The zero-order chi connectivity index (χ0) is 17.1. The average Bonchev–Trinajstić information content (AvgIpc) is 2.87. The Kier molecular flexibility index (Phi) is 4.91. The Morgan fingerprint density at radius 3 is 2.92 bits per heavy atom. The molecule has 0 aliphatic carbocycles. The van der Waals surface area contributed by atoms with Gasteiger partial charge in [-0.3, -0.25) is 4.90 Å². The van der Waals surface area contributed by atoms with Crippen molar-refractivity contribution in [3.05, 3.63) is 46.8 Å². The van der Waals surface area contributed by atoms with E-state index < -0.39 is 0 Å². The third kappa shape index (κ3) is 3.80. The molecule has 1 saturated heterocycles. The van der Waals surface area contributed by atoms with Crippen molar-refractivity contribution in [1.82, 2.24) is 19.7 Å². The van der Waals surface area contributed by atoms with Crippen LogP contribution in [0.4, 0.5) is 4.39 Å². The molecule has 2 aromatic rings. The molecular weight excluding hydrogens is 305 g/mol. The molecule has 2 heterocycles. The molecule has 3 rings (SSSR count). The van der Waals surface area contributed by atoms with Crippen molar-refractivity contribution in [2.75, 3.05) is 13.1 Å². The van der Waals surface area contributed by atoms with Gasteiger partial charge in [-0.2, -0.15) is 10.4 Å². The van der Waals surface area contributed by atoms with Gasteiger partial charge in [-0.25, -0.2) is 14.1 Å². The fourth-order valence-electron chi connectivity index (χ4n) is 3.43. The molecular formula is C18H22FN5. The second-order valence-corrected chi connectivity index (χ2v) is 6.55. The van der Waals surface area contributed by atoms with E-state index in [1.165, 1.54) is 12.1 Å². The van der Waals surface area contributed by atoms with Crippen molar-refractivity contribution in [2.24, 2.45) is 5.92 Å². The van der Waals surface area contributed by atoms with Crippen LogP contribution in [0.3, 0.4) is 0 Å². The SMILES string of the molecule is Cc1nc(C)n(CC2CCCN(Cc3cc(C#N)ccc3F)C2)n1. The molecule has 1 aromatic carbocycles. The van der Waals surface area contributed by atoms with Gasteiger partial charge >= 0.3 is 0 Å². The number of hydrogen-bond acceptors (Lipinski definition) is 4. The Bertz CT molecular complexity index is 761. The number of hydrogen-bond donors (Lipinski definition) is 0. The van der Waals surface area contributed by atoms with Crippen LogP contribution in [0, 0.1) is 36.9 Å². The molecule has 126 valence electrons.